The molecule has 4 nitrogen and oxygen atoms in total. The average molecular weight is 422 g/mol. The van der Waals surface area contributed by atoms with Gasteiger partial charge in [0.2, 0.25) is 0 Å². The lowest BCUT2D eigenvalue weighted by atomic mass is 10.1. The molecule has 0 fully saturated rings. The van der Waals surface area contributed by atoms with Crippen molar-refractivity contribution in [2.24, 2.45) is 0 Å². The molecule has 0 radical (unpaired) electrons. The summed E-state index contributed by atoms with van der Waals surface area (Å²) >= 11 is 2.17. The first kappa shape index (κ1) is 17.5. The maximum absolute atomic E-state index is 12.2. The molecule has 120 valence electrons. The van der Waals surface area contributed by atoms with Gasteiger partial charge in [-0.25, -0.2) is 0 Å². The Morgan fingerprint density at radius 3 is 2.13 bits per heavy atom. The van der Waals surface area contributed by atoms with Crippen LogP contribution in [0.15, 0.2) is 48.5 Å². The summed E-state index contributed by atoms with van der Waals surface area (Å²) in [4.78, 5) is 24.2. The van der Waals surface area contributed by atoms with Crippen LogP contribution in [0.4, 0.5) is 5.69 Å². The molecule has 2 aromatic rings. The van der Waals surface area contributed by atoms with Crippen molar-refractivity contribution < 1.29 is 9.59 Å². The standard InChI is InChI=1S/C18H19IN2O2/c1-18(2,3)21-17(23)12-7-9-15(10-8-12)20-16(22)13-5-4-6-14(19)11-13/h4-11H,1-3H3,(H,20,22)(H,21,23). The molecule has 2 amide bonds. The number of carbonyl (C=O) groups is 2. The molecule has 2 N–H and O–H groups in total. The van der Waals surface area contributed by atoms with Gasteiger partial charge in [0.1, 0.15) is 0 Å². The van der Waals surface area contributed by atoms with E-state index in [9.17, 15) is 9.59 Å². The van der Waals surface area contributed by atoms with Crippen molar-refractivity contribution >= 4 is 40.1 Å². The van der Waals surface area contributed by atoms with E-state index < -0.39 is 0 Å². The van der Waals surface area contributed by atoms with Crippen molar-refractivity contribution in [2.45, 2.75) is 26.3 Å². The molecule has 0 heterocycles. The smallest absolute Gasteiger partial charge is 0.255 e. The van der Waals surface area contributed by atoms with Crippen LogP contribution in [-0.2, 0) is 0 Å². The van der Waals surface area contributed by atoms with Gasteiger partial charge < -0.3 is 10.6 Å². The third-order valence-corrected chi connectivity index (χ3v) is 3.65. The van der Waals surface area contributed by atoms with E-state index in [2.05, 4.69) is 33.2 Å². The zero-order valence-corrected chi connectivity index (χ0v) is 15.5. The van der Waals surface area contributed by atoms with Gasteiger partial charge in [0.25, 0.3) is 11.8 Å². The number of rotatable bonds is 3. The van der Waals surface area contributed by atoms with Gasteiger partial charge in [0, 0.05) is 25.9 Å². The molecule has 0 atom stereocenters. The normalized spacial score (nSPS) is 11.0. The molecule has 0 aromatic heterocycles. The highest BCUT2D eigenvalue weighted by Gasteiger charge is 2.15. The van der Waals surface area contributed by atoms with E-state index in [1.54, 1.807) is 30.3 Å². The van der Waals surface area contributed by atoms with E-state index in [0.29, 0.717) is 16.8 Å². The Balaban J connectivity index is 2.05. The van der Waals surface area contributed by atoms with Crippen LogP contribution in [0.3, 0.4) is 0 Å². The van der Waals surface area contributed by atoms with E-state index in [1.165, 1.54) is 0 Å². The number of anilines is 1. The maximum Gasteiger partial charge on any atom is 0.255 e. The Labute approximate surface area is 149 Å². The summed E-state index contributed by atoms with van der Waals surface area (Å²) < 4.78 is 1.00. The quantitative estimate of drug-likeness (QED) is 0.733. The topological polar surface area (TPSA) is 58.2 Å². The summed E-state index contributed by atoms with van der Waals surface area (Å²) in [5.74, 6) is -0.302. The second-order valence-electron chi connectivity index (χ2n) is 6.25. The number of hydrogen-bond acceptors (Lipinski definition) is 2. The fourth-order valence-corrected chi connectivity index (χ4v) is 2.49. The fourth-order valence-electron chi connectivity index (χ4n) is 1.95. The van der Waals surface area contributed by atoms with Gasteiger partial charge >= 0.3 is 0 Å². The lowest BCUT2D eigenvalue weighted by Gasteiger charge is -2.20. The van der Waals surface area contributed by atoms with Gasteiger partial charge in [-0.3, -0.25) is 9.59 Å². The number of nitrogens with one attached hydrogen (secondary N) is 2. The summed E-state index contributed by atoms with van der Waals surface area (Å²) in [6, 6.07) is 14.2. The lowest BCUT2D eigenvalue weighted by Crippen LogP contribution is -2.40. The Morgan fingerprint density at radius 1 is 0.913 bits per heavy atom. The largest absolute Gasteiger partial charge is 0.347 e. The number of hydrogen-bond donors (Lipinski definition) is 2. The van der Waals surface area contributed by atoms with Crippen molar-refractivity contribution in [2.75, 3.05) is 5.32 Å². The van der Waals surface area contributed by atoms with Gasteiger partial charge in [0.05, 0.1) is 0 Å². The Hall–Kier alpha value is -1.89. The number of carbonyl (C=O) groups excluding carboxylic acids is 2. The van der Waals surface area contributed by atoms with Crippen LogP contribution in [0.1, 0.15) is 41.5 Å². The molecule has 2 rings (SSSR count). The van der Waals surface area contributed by atoms with Crippen molar-refractivity contribution in [1.29, 1.82) is 0 Å². The van der Waals surface area contributed by atoms with Gasteiger partial charge in [-0.05, 0) is 85.8 Å². The van der Waals surface area contributed by atoms with Crippen LogP contribution in [0.2, 0.25) is 0 Å². The summed E-state index contributed by atoms with van der Waals surface area (Å²) in [6.07, 6.45) is 0. The van der Waals surface area contributed by atoms with Crippen LogP contribution >= 0.6 is 22.6 Å². The molecule has 23 heavy (non-hydrogen) atoms. The van der Waals surface area contributed by atoms with Crippen LogP contribution in [0.5, 0.6) is 0 Å². The molecule has 0 saturated carbocycles. The molecule has 0 spiro atoms. The summed E-state index contributed by atoms with van der Waals surface area (Å²) in [5, 5.41) is 5.73. The lowest BCUT2D eigenvalue weighted by molar-refractivity contribution is 0.0919. The van der Waals surface area contributed by atoms with E-state index >= 15 is 0 Å². The first-order chi connectivity index (χ1) is 10.7. The Bertz CT molecular complexity index is 719. The Morgan fingerprint density at radius 2 is 1.57 bits per heavy atom. The monoisotopic (exact) mass is 422 g/mol. The maximum atomic E-state index is 12.2. The summed E-state index contributed by atoms with van der Waals surface area (Å²) in [5.41, 5.74) is 1.54. The molecular weight excluding hydrogens is 403 g/mol. The minimum absolute atomic E-state index is 0.131. The molecule has 0 unspecified atom stereocenters. The average Bonchev–Trinajstić information content (AvgIpc) is 2.46. The van der Waals surface area contributed by atoms with Gasteiger partial charge in [-0.1, -0.05) is 6.07 Å². The van der Waals surface area contributed by atoms with E-state index in [1.807, 2.05) is 39.0 Å². The molecule has 0 bridgehead atoms. The highest BCUT2D eigenvalue weighted by molar-refractivity contribution is 14.1. The summed E-state index contributed by atoms with van der Waals surface area (Å²) in [6.45, 7) is 5.79. The molecule has 0 aliphatic carbocycles. The van der Waals surface area contributed by atoms with Crippen LogP contribution in [0, 0.1) is 3.57 Å². The second-order valence-corrected chi connectivity index (χ2v) is 7.49. The van der Waals surface area contributed by atoms with Crippen molar-refractivity contribution in [3.8, 4) is 0 Å². The zero-order chi connectivity index (χ0) is 17.0. The summed E-state index contributed by atoms with van der Waals surface area (Å²) in [7, 11) is 0. The first-order valence-electron chi connectivity index (χ1n) is 7.24. The van der Waals surface area contributed by atoms with Gasteiger partial charge in [-0.2, -0.15) is 0 Å². The molecule has 0 saturated heterocycles. The van der Waals surface area contributed by atoms with E-state index in [0.717, 1.165) is 3.57 Å². The SMILES string of the molecule is CC(C)(C)NC(=O)c1ccc(NC(=O)c2cccc(I)c2)cc1. The molecule has 5 heteroatoms. The van der Waals surface area contributed by atoms with Crippen molar-refractivity contribution in [3.63, 3.8) is 0 Å². The van der Waals surface area contributed by atoms with Gasteiger partial charge in [-0.15, -0.1) is 0 Å². The van der Waals surface area contributed by atoms with E-state index in [4.69, 9.17) is 0 Å². The molecule has 0 aliphatic heterocycles. The van der Waals surface area contributed by atoms with Crippen LogP contribution in [0.25, 0.3) is 0 Å². The molecule has 2 aromatic carbocycles. The van der Waals surface area contributed by atoms with Crippen molar-refractivity contribution in [3.05, 3.63) is 63.2 Å². The second kappa shape index (κ2) is 7.12. The van der Waals surface area contributed by atoms with Crippen molar-refractivity contribution in [1.82, 2.24) is 5.32 Å². The minimum atomic E-state index is -0.283. The zero-order valence-electron chi connectivity index (χ0n) is 13.3. The molecule has 0 aliphatic rings. The Kier molecular flexibility index (Phi) is 5.41. The third-order valence-electron chi connectivity index (χ3n) is 2.98. The number of halogens is 1. The highest BCUT2D eigenvalue weighted by atomic mass is 127. The third kappa shape index (κ3) is 5.35. The first-order valence-corrected chi connectivity index (χ1v) is 8.32. The highest BCUT2D eigenvalue weighted by Crippen LogP contribution is 2.14. The predicted molar refractivity (Wildman–Crippen MR) is 101 cm³/mol. The number of benzene rings is 2. The van der Waals surface area contributed by atoms with Crippen LogP contribution in [-0.4, -0.2) is 17.4 Å². The fraction of sp³-hybridized carbons (Fsp3) is 0.222. The van der Waals surface area contributed by atoms with Gasteiger partial charge in [0.15, 0.2) is 0 Å². The predicted octanol–water partition coefficient (Wildman–Crippen LogP) is 4.07. The minimum Gasteiger partial charge on any atom is -0.347 e. The molecular formula is C18H19IN2O2. The number of amides is 2. The van der Waals surface area contributed by atoms with E-state index in [-0.39, 0.29) is 17.4 Å². The van der Waals surface area contributed by atoms with Crippen LogP contribution < -0.4 is 10.6 Å².